The molecule has 7 heteroatoms. The van der Waals surface area contributed by atoms with Gasteiger partial charge >= 0.3 is 0 Å². The number of amides is 2. The van der Waals surface area contributed by atoms with Gasteiger partial charge < -0.3 is 19.7 Å². The van der Waals surface area contributed by atoms with Gasteiger partial charge in [-0.2, -0.15) is 0 Å². The molecule has 1 spiro atoms. The lowest BCUT2D eigenvalue weighted by molar-refractivity contribution is -0.204. The summed E-state index contributed by atoms with van der Waals surface area (Å²) in [6.07, 6.45) is 3.24. The van der Waals surface area contributed by atoms with Gasteiger partial charge in [-0.1, -0.05) is 6.42 Å². The van der Waals surface area contributed by atoms with E-state index in [9.17, 15) is 9.59 Å². The van der Waals surface area contributed by atoms with Crippen LogP contribution in [0.25, 0.3) is 0 Å². The zero-order valence-corrected chi connectivity index (χ0v) is 14.0. The van der Waals surface area contributed by atoms with Crippen LogP contribution < -0.4 is 5.32 Å². The molecule has 3 fully saturated rings. The SMILES string of the molecule is COCCNC(=O)C1COC2(CN(C(=O)C3CCC3)C2)CN1C. The molecule has 1 N–H and O–H groups in total. The molecule has 2 heterocycles. The number of nitrogens with one attached hydrogen (secondary N) is 1. The van der Waals surface area contributed by atoms with E-state index < -0.39 is 0 Å². The predicted molar refractivity (Wildman–Crippen MR) is 83.9 cm³/mol. The summed E-state index contributed by atoms with van der Waals surface area (Å²) >= 11 is 0. The van der Waals surface area contributed by atoms with Gasteiger partial charge in [-0.15, -0.1) is 0 Å². The molecule has 7 nitrogen and oxygen atoms in total. The molecule has 0 bridgehead atoms. The molecule has 1 unspecified atom stereocenters. The van der Waals surface area contributed by atoms with Crippen molar-refractivity contribution in [1.82, 2.24) is 15.1 Å². The van der Waals surface area contributed by atoms with Gasteiger partial charge in [-0.25, -0.2) is 0 Å². The number of carbonyl (C=O) groups is 2. The summed E-state index contributed by atoms with van der Waals surface area (Å²) in [5.41, 5.74) is -0.280. The second-order valence-electron chi connectivity index (χ2n) is 7.03. The molecule has 1 saturated carbocycles. The number of morpholine rings is 1. The van der Waals surface area contributed by atoms with E-state index >= 15 is 0 Å². The van der Waals surface area contributed by atoms with Crippen molar-refractivity contribution in [1.29, 1.82) is 0 Å². The number of likely N-dealkylation sites (N-methyl/N-ethyl adjacent to an activating group) is 1. The predicted octanol–water partition coefficient (Wildman–Crippen LogP) is -0.539. The van der Waals surface area contributed by atoms with Crippen LogP contribution in [-0.2, 0) is 19.1 Å². The smallest absolute Gasteiger partial charge is 0.239 e. The minimum atomic E-state index is -0.280. The highest BCUT2D eigenvalue weighted by Gasteiger charge is 2.52. The number of hydrogen-bond donors (Lipinski definition) is 1. The largest absolute Gasteiger partial charge is 0.383 e. The van der Waals surface area contributed by atoms with Crippen molar-refractivity contribution in [3.63, 3.8) is 0 Å². The second-order valence-corrected chi connectivity index (χ2v) is 7.03. The molecule has 3 aliphatic rings. The molecule has 2 aliphatic heterocycles. The molecular formula is C16H27N3O4. The second kappa shape index (κ2) is 6.75. The molecule has 0 aromatic heterocycles. The van der Waals surface area contributed by atoms with Crippen LogP contribution in [0.3, 0.4) is 0 Å². The molecule has 1 aliphatic carbocycles. The first kappa shape index (κ1) is 16.7. The van der Waals surface area contributed by atoms with Gasteiger partial charge in [0.2, 0.25) is 11.8 Å². The molecule has 0 aromatic rings. The lowest BCUT2D eigenvalue weighted by Crippen LogP contribution is -2.73. The Kier molecular flexibility index (Phi) is 4.89. The Balaban J connectivity index is 1.45. The van der Waals surface area contributed by atoms with Gasteiger partial charge in [-0.05, 0) is 19.9 Å². The highest BCUT2D eigenvalue weighted by molar-refractivity contribution is 5.82. The van der Waals surface area contributed by atoms with E-state index in [4.69, 9.17) is 9.47 Å². The van der Waals surface area contributed by atoms with Crippen LogP contribution in [0.15, 0.2) is 0 Å². The molecule has 23 heavy (non-hydrogen) atoms. The van der Waals surface area contributed by atoms with Crippen LogP contribution in [0.1, 0.15) is 19.3 Å². The summed E-state index contributed by atoms with van der Waals surface area (Å²) in [5.74, 6) is 0.502. The Hall–Kier alpha value is -1.18. The maximum absolute atomic E-state index is 12.2. The Morgan fingerprint density at radius 2 is 2.04 bits per heavy atom. The van der Waals surface area contributed by atoms with Crippen molar-refractivity contribution >= 4 is 11.8 Å². The molecule has 130 valence electrons. The third-order valence-electron chi connectivity index (χ3n) is 5.25. The van der Waals surface area contributed by atoms with Crippen LogP contribution in [0, 0.1) is 5.92 Å². The number of carbonyl (C=O) groups excluding carboxylic acids is 2. The number of nitrogens with zero attached hydrogens (tertiary/aromatic N) is 2. The number of hydrogen-bond acceptors (Lipinski definition) is 5. The topological polar surface area (TPSA) is 71.1 Å². The molecule has 2 amide bonds. The Labute approximate surface area is 137 Å². The fraction of sp³-hybridized carbons (Fsp3) is 0.875. The average Bonchev–Trinajstić information content (AvgIpc) is 2.42. The highest BCUT2D eigenvalue weighted by Crippen LogP contribution is 2.35. The normalized spacial score (nSPS) is 27.4. The lowest BCUT2D eigenvalue weighted by Gasteiger charge is -2.55. The Morgan fingerprint density at radius 1 is 1.30 bits per heavy atom. The molecule has 2 saturated heterocycles. The first-order chi connectivity index (χ1) is 11.0. The summed E-state index contributed by atoms with van der Waals surface area (Å²) in [7, 11) is 3.56. The number of methoxy groups -OCH3 is 1. The lowest BCUT2D eigenvalue weighted by atomic mass is 9.81. The van der Waals surface area contributed by atoms with Crippen molar-refractivity contribution in [2.24, 2.45) is 5.92 Å². The van der Waals surface area contributed by atoms with E-state index in [0.29, 0.717) is 39.4 Å². The van der Waals surface area contributed by atoms with E-state index in [0.717, 1.165) is 12.8 Å². The summed E-state index contributed by atoms with van der Waals surface area (Å²) in [6, 6.07) is -0.270. The third-order valence-corrected chi connectivity index (χ3v) is 5.25. The van der Waals surface area contributed by atoms with E-state index in [1.54, 1.807) is 7.11 Å². The van der Waals surface area contributed by atoms with Gasteiger partial charge in [-0.3, -0.25) is 14.5 Å². The van der Waals surface area contributed by atoms with E-state index in [1.165, 1.54) is 6.42 Å². The summed E-state index contributed by atoms with van der Waals surface area (Å²) in [6.45, 7) is 3.39. The molecular weight excluding hydrogens is 298 g/mol. The fourth-order valence-electron chi connectivity index (χ4n) is 3.57. The maximum Gasteiger partial charge on any atom is 0.239 e. The zero-order chi connectivity index (χ0) is 16.4. The number of rotatable bonds is 5. The number of ether oxygens (including phenoxy) is 2. The standard InChI is InChI=1S/C16H27N3O4/c1-18-9-16(10-19(11-16)15(21)12-4-3-5-12)23-8-13(18)14(20)17-6-7-22-2/h12-13H,3-11H2,1-2H3,(H,17,20). The quantitative estimate of drug-likeness (QED) is 0.688. The first-order valence-electron chi connectivity index (χ1n) is 8.44. The summed E-state index contributed by atoms with van der Waals surface area (Å²) < 4.78 is 10.9. The van der Waals surface area contributed by atoms with Gasteiger partial charge in [0.05, 0.1) is 26.3 Å². The molecule has 3 rings (SSSR count). The summed E-state index contributed by atoms with van der Waals surface area (Å²) in [5, 5.41) is 2.85. The van der Waals surface area contributed by atoms with Crippen LogP contribution in [0.5, 0.6) is 0 Å². The molecule has 1 atom stereocenters. The fourth-order valence-corrected chi connectivity index (χ4v) is 3.57. The zero-order valence-electron chi connectivity index (χ0n) is 14.0. The highest BCUT2D eigenvalue weighted by atomic mass is 16.5. The van der Waals surface area contributed by atoms with Crippen molar-refractivity contribution in [3.05, 3.63) is 0 Å². The van der Waals surface area contributed by atoms with E-state index in [2.05, 4.69) is 5.32 Å². The van der Waals surface area contributed by atoms with Crippen LogP contribution in [0.2, 0.25) is 0 Å². The van der Waals surface area contributed by atoms with Crippen molar-refractivity contribution < 1.29 is 19.1 Å². The minimum absolute atomic E-state index is 0.0267. The Morgan fingerprint density at radius 3 is 2.61 bits per heavy atom. The van der Waals surface area contributed by atoms with Crippen molar-refractivity contribution in [2.75, 3.05) is 53.6 Å². The van der Waals surface area contributed by atoms with E-state index in [-0.39, 0.29) is 29.4 Å². The monoisotopic (exact) mass is 325 g/mol. The van der Waals surface area contributed by atoms with Gasteiger partial charge in [0, 0.05) is 26.1 Å². The molecule has 0 radical (unpaired) electrons. The van der Waals surface area contributed by atoms with Crippen LogP contribution >= 0.6 is 0 Å². The van der Waals surface area contributed by atoms with Crippen molar-refractivity contribution in [3.8, 4) is 0 Å². The van der Waals surface area contributed by atoms with E-state index in [1.807, 2.05) is 16.8 Å². The van der Waals surface area contributed by atoms with Crippen LogP contribution in [0.4, 0.5) is 0 Å². The summed E-state index contributed by atoms with van der Waals surface area (Å²) in [4.78, 5) is 28.3. The van der Waals surface area contributed by atoms with Gasteiger partial charge in [0.15, 0.2) is 0 Å². The minimum Gasteiger partial charge on any atom is -0.383 e. The Bertz CT molecular complexity index is 460. The first-order valence-corrected chi connectivity index (χ1v) is 8.44. The van der Waals surface area contributed by atoms with Gasteiger partial charge in [0.1, 0.15) is 11.6 Å². The average molecular weight is 325 g/mol. The maximum atomic E-state index is 12.2. The third kappa shape index (κ3) is 3.36. The molecule has 0 aromatic carbocycles. The number of likely N-dealkylation sites (tertiary alicyclic amines) is 1. The van der Waals surface area contributed by atoms with Crippen LogP contribution in [-0.4, -0.2) is 86.8 Å². The van der Waals surface area contributed by atoms with Crippen molar-refractivity contribution in [2.45, 2.75) is 30.9 Å². The van der Waals surface area contributed by atoms with Gasteiger partial charge in [0.25, 0.3) is 0 Å².